The molecule has 20 heavy (non-hydrogen) atoms. The van der Waals surface area contributed by atoms with E-state index in [0.717, 1.165) is 19.3 Å². The molecule has 2 aromatic rings. The molecule has 0 radical (unpaired) electrons. The zero-order chi connectivity index (χ0) is 13.5. The van der Waals surface area contributed by atoms with Crippen molar-refractivity contribution in [2.24, 2.45) is 11.8 Å². The average Bonchev–Trinajstić information content (AvgIpc) is 3.07. The predicted octanol–water partition coefficient (Wildman–Crippen LogP) is 3.88. The van der Waals surface area contributed by atoms with Gasteiger partial charge in [-0.05, 0) is 47.4 Å². The summed E-state index contributed by atoms with van der Waals surface area (Å²) in [6, 6.07) is 20.0. The molecule has 98 valence electrons. The second-order valence-electron chi connectivity index (χ2n) is 6.10. The van der Waals surface area contributed by atoms with Gasteiger partial charge in [0, 0.05) is 5.92 Å². The number of nitriles is 1. The summed E-state index contributed by atoms with van der Waals surface area (Å²) in [6.45, 7) is 0. The molecule has 1 heteroatoms. The molecule has 0 N–H and O–H groups in total. The molecule has 0 heterocycles. The second kappa shape index (κ2) is 4.49. The van der Waals surface area contributed by atoms with Crippen LogP contribution in [0, 0.1) is 23.2 Å². The number of hydrogen-bond donors (Lipinski definition) is 0. The highest BCUT2D eigenvalue weighted by molar-refractivity contribution is 5.41. The lowest BCUT2D eigenvalue weighted by atomic mass is 9.80. The largest absolute Gasteiger partial charge is 0.198 e. The molecule has 2 aromatic carbocycles. The van der Waals surface area contributed by atoms with E-state index in [4.69, 9.17) is 0 Å². The third-order valence-corrected chi connectivity index (χ3v) is 5.04. The monoisotopic (exact) mass is 259 g/mol. The number of rotatable bonds is 1. The molecule has 4 rings (SSSR count). The van der Waals surface area contributed by atoms with Crippen molar-refractivity contribution in [3.8, 4) is 6.07 Å². The standard InChI is InChI=1S/C19H17N/c20-12-17-11-15-7-3-4-8-18(15)19(17)16-9-13-5-1-2-6-14(13)10-16/h1-8,16-17,19H,9-11H2. The van der Waals surface area contributed by atoms with Gasteiger partial charge in [0.1, 0.15) is 0 Å². The van der Waals surface area contributed by atoms with Crippen LogP contribution in [0.15, 0.2) is 48.5 Å². The van der Waals surface area contributed by atoms with Crippen LogP contribution in [0.3, 0.4) is 0 Å². The predicted molar refractivity (Wildman–Crippen MR) is 79.3 cm³/mol. The highest BCUT2D eigenvalue weighted by Crippen LogP contribution is 2.47. The third kappa shape index (κ3) is 1.68. The molecular weight excluding hydrogens is 242 g/mol. The minimum absolute atomic E-state index is 0.159. The Morgan fingerprint density at radius 3 is 2.05 bits per heavy atom. The smallest absolute Gasteiger partial charge is 0.0665 e. The molecule has 2 unspecified atom stereocenters. The average molecular weight is 259 g/mol. The van der Waals surface area contributed by atoms with E-state index in [9.17, 15) is 5.26 Å². The van der Waals surface area contributed by atoms with Crippen LogP contribution in [-0.4, -0.2) is 0 Å². The van der Waals surface area contributed by atoms with E-state index in [2.05, 4.69) is 54.6 Å². The molecule has 0 spiro atoms. The summed E-state index contributed by atoms with van der Waals surface area (Å²) in [5.74, 6) is 1.18. The Bertz CT molecular complexity index is 670. The fourth-order valence-corrected chi connectivity index (χ4v) is 4.18. The van der Waals surface area contributed by atoms with Gasteiger partial charge in [-0.25, -0.2) is 0 Å². The van der Waals surface area contributed by atoms with E-state index in [1.807, 2.05) is 0 Å². The maximum atomic E-state index is 9.54. The van der Waals surface area contributed by atoms with Crippen molar-refractivity contribution in [2.45, 2.75) is 25.2 Å². The number of hydrogen-bond acceptors (Lipinski definition) is 1. The van der Waals surface area contributed by atoms with Gasteiger partial charge < -0.3 is 0 Å². The minimum Gasteiger partial charge on any atom is -0.198 e. The molecule has 0 bridgehead atoms. The topological polar surface area (TPSA) is 23.8 Å². The summed E-state index contributed by atoms with van der Waals surface area (Å²) in [5.41, 5.74) is 5.79. The second-order valence-corrected chi connectivity index (χ2v) is 6.10. The van der Waals surface area contributed by atoms with Crippen LogP contribution in [-0.2, 0) is 19.3 Å². The van der Waals surface area contributed by atoms with Crippen LogP contribution in [0.25, 0.3) is 0 Å². The maximum Gasteiger partial charge on any atom is 0.0665 e. The van der Waals surface area contributed by atoms with Crippen molar-refractivity contribution in [3.05, 3.63) is 70.8 Å². The fourth-order valence-electron chi connectivity index (χ4n) is 4.18. The van der Waals surface area contributed by atoms with Gasteiger partial charge in [0.25, 0.3) is 0 Å². The van der Waals surface area contributed by atoms with E-state index in [0.29, 0.717) is 11.8 Å². The first-order valence-electron chi connectivity index (χ1n) is 7.41. The Kier molecular flexibility index (Phi) is 2.63. The molecule has 2 aliphatic carbocycles. The Morgan fingerprint density at radius 1 is 0.800 bits per heavy atom. The Morgan fingerprint density at radius 2 is 1.40 bits per heavy atom. The maximum absolute atomic E-state index is 9.54. The van der Waals surface area contributed by atoms with E-state index in [1.54, 1.807) is 0 Å². The van der Waals surface area contributed by atoms with Crippen LogP contribution < -0.4 is 0 Å². The van der Waals surface area contributed by atoms with E-state index in [-0.39, 0.29) is 5.92 Å². The van der Waals surface area contributed by atoms with Crippen LogP contribution in [0.1, 0.15) is 28.2 Å². The van der Waals surface area contributed by atoms with Gasteiger partial charge in [0.15, 0.2) is 0 Å². The molecule has 0 saturated carbocycles. The molecule has 2 aliphatic rings. The molecule has 0 saturated heterocycles. The first-order valence-corrected chi connectivity index (χ1v) is 7.41. The lowest BCUT2D eigenvalue weighted by molar-refractivity contribution is 0.389. The summed E-state index contributed by atoms with van der Waals surface area (Å²) in [7, 11) is 0. The Balaban J connectivity index is 1.71. The van der Waals surface area contributed by atoms with E-state index in [1.165, 1.54) is 22.3 Å². The van der Waals surface area contributed by atoms with Gasteiger partial charge in [-0.15, -0.1) is 0 Å². The number of nitrogens with zero attached hydrogens (tertiary/aromatic N) is 1. The molecule has 0 amide bonds. The third-order valence-electron chi connectivity index (χ3n) is 5.04. The van der Waals surface area contributed by atoms with Crippen LogP contribution >= 0.6 is 0 Å². The van der Waals surface area contributed by atoms with Crippen molar-refractivity contribution in [3.63, 3.8) is 0 Å². The molecule has 2 atom stereocenters. The van der Waals surface area contributed by atoms with Gasteiger partial charge >= 0.3 is 0 Å². The first kappa shape index (κ1) is 11.7. The van der Waals surface area contributed by atoms with Crippen LogP contribution in [0.5, 0.6) is 0 Å². The summed E-state index contributed by atoms with van der Waals surface area (Å²) < 4.78 is 0. The summed E-state index contributed by atoms with van der Waals surface area (Å²) in [4.78, 5) is 0. The zero-order valence-electron chi connectivity index (χ0n) is 11.4. The highest BCUT2D eigenvalue weighted by Gasteiger charge is 2.39. The highest BCUT2D eigenvalue weighted by atomic mass is 14.4. The van der Waals surface area contributed by atoms with Gasteiger partial charge in [-0.1, -0.05) is 48.5 Å². The van der Waals surface area contributed by atoms with Crippen molar-refractivity contribution < 1.29 is 0 Å². The Labute approximate surface area is 119 Å². The SMILES string of the molecule is N#CC1Cc2ccccc2C1C1Cc2ccccc2C1. The minimum atomic E-state index is 0.159. The summed E-state index contributed by atoms with van der Waals surface area (Å²) >= 11 is 0. The van der Waals surface area contributed by atoms with Crippen LogP contribution in [0.2, 0.25) is 0 Å². The van der Waals surface area contributed by atoms with Crippen molar-refractivity contribution in [1.29, 1.82) is 5.26 Å². The number of fused-ring (bicyclic) bond motifs is 2. The lowest BCUT2D eigenvalue weighted by Gasteiger charge is -2.22. The summed E-state index contributed by atoms with van der Waals surface area (Å²) in [5, 5.41) is 9.54. The van der Waals surface area contributed by atoms with Crippen molar-refractivity contribution in [2.75, 3.05) is 0 Å². The fraction of sp³-hybridized carbons (Fsp3) is 0.316. The van der Waals surface area contributed by atoms with Gasteiger partial charge in [-0.2, -0.15) is 5.26 Å². The first-order chi connectivity index (χ1) is 9.86. The van der Waals surface area contributed by atoms with E-state index >= 15 is 0 Å². The van der Waals surface area contributed by atoms with Crippen LogP contribution in [0.4, 0.5) is 0 Å². The van der Waals surface area contributed by atoms with Crippen molar-refractivity contribution in [1.82, 2.24) is 0 Å². The molecule has 1 nitrogen and oxygen atoms in total. The van der Waals surface area contributed by atoms with Gasteiger partial charge in [-0.3, -0.25) is 0 Å². The van der Waals surface area contributed by atoms with Crippen molar-refractivity contribution >= 4 is 0 Å². The molecule has 0 fully saturated rings. The number of benzene rings is 2. The van der Waals surface area contributed by atoms with Gasteiger partial charge in [0.2, 0.25) is 0 Å². The molecular formula is C19H17N. The lowest BCUT2D eigenvalue weighted by Crippen LogP contribution is -2.17. The normalized spacial score (nSPS) is 24.1. The molecule has 0 aliphatic heterocycles. The van der Waals surface area contributed by atoms with E-state index < -0.39 is 0 Å². The Hall–Kier alpha value is -2.07. The zero-order valence-corrected chi connectivity index (χ0v) is 11.4. The summed E-state index contributed by atoms with van der Waals surface area (Å²) in [6.07, 6.45) is 3.20. The quantitative estimate of drug-likeness (QED) is 0.762. The molecule has 0 aromatic heterocycles. The van der Waals surface area contributed by atoms with Gasteiger partial charge in [0.05, 0.1) is 12.0 Å².